The Hall–Kier alpha value is -0.780. The molecule has 1 saturated carbocycles. The molecule has 0 nitrogen and oxygen atoms in total. The van der Waals surface area contributed by atoms with Gasteiger partial charge >= 0.3 is 0 Å². The summed E-state index contributed by atoms with van der Waals surface area (Å²) in [7, 11) is 0. The van der Waals surface area contributed by atoms with Crippen LogP contribution in [-0.2, 0) is 12.8 Å². The van der Waals surface area contributed by atoms with Crippen LogP contribution in [0.15, 0.2) is 18.2 Å². The molecule has 0 aliphatic heterocycles. The van der Waals surface area contributed by atoms with Crippen molar-refractivity contribution >= 4 is 0 Å². The van der Waals surface area contributed by atoms with Crippen molar-refractivity contribution in [2.24, 2.45) is 29.6 Å². The third kappa shape index (κ3) is 3.89. The summed E-state index contributed by atoms with van der Waals surface area (Å²) in [6, 6.07) is 7.00. The van der Waals surface area contributed by atoms with Crippen LogP contribution in [0, 0.1) is 36.5 Å². The SMILES string of the molecule is CCCCC[C@H](C)CC[C@@H]1[C@H]2Cc3cccc(C)c3C[C@H]2C[C@H]1C. The van der Waals surface area contributed by atoms with Gasteiger partial charge in [0.1, 0.15) is 0 Å². The predicted molar refractivity (Wildman–Crippen MR) is 105 cm³/mol. The molecule has 134 valence electrons. The van der Waals surface area contributed by atoms with Crippen LogP contribution >= 0.6 is 0 Å². The van der Waals surface area contributed by atoms with Crippen molar-refractivity contribution in [1.29, 1.82) is 0 Å². The number of rotatable bonds is 7. The van der Waals surface area contributed by atoms with Crippen molar-refractivity contribution in [3.05, 3.63) is 34.9 Å². The number of benzene rings is 1. The van der Waals surface area contributed by atoms with Crippen LogP contribution in [0.4, 0.5) is 0 Å². The quantitative estimate of drug-likeness (QED) is 0.474. The van der Waals surface area contributed by atoms with Crippen molar-refractivity contribution in [2.75, 3.05) is 0 Å². The number of unbranched alkanes of at least 4 members (excludes halogenated alkanes) is 2. The van der Waals surface area contributed by atoms with E-state index in [9.17, 15) is 0 Å². The molecular weight excluding hydrogens is 288 g/mol. The number of hydrogen-bond donors (Lipinski definition) is 0. The topological polar surface area (TPSA) is 0 Å². The second-order valence-electron chi connectivity index (χ2n) is 9.10. The third-order valence-electron chi connectivity index (χ3n) is 7.28. The van der Waals surface area contributed by atoms with E-state index in [1.807, 2.05) is 0 Å². The zero-order valence-electron chi connectivity index (χ0n) is 16.5. The lowest BCUT2D eigenvalue weighted by molar-refractivity contribution is 0.242. The Morgan fingerprint density at radius 3 is 2.75 bits per heavy atom. The van der Waals surface area contributed by atoms with Crippen LogP contribution in [0.2, 0.25) is 0 Å². The fourth-order valence-corrected chi connectivity index (χ4v) is 5.78. The van der Waals surface area contributed by atoms with Gasteiger partial charge in [-0.2, -0.15) is 0 Å². The van der Waals surface area contributed by atoms with Gasteiger partial charge in [-0.3, -0.25) is 0 Å². The number of aryl methyl sites for hydroxylation is 1. The first-order valence-corrected chi connectivity index (χ1v) is 10.7. The summed E-state index contributed by atoms with van der Waals surface area (Å²) in [5.41, 5.74) is 4.90. The zero-order chi connectivity index (χ0) is 17.1. The Morgan fingerprint density at radius 1 is 1.12 bits per heavy atom. The fraction of sp³-hybridized carbons (Fsp3) is 0.750. The summed E-state index contributed by atoms with van der Waals surface area (Å²) in [6.07, 6.45) is 12.8. The van der Waals surface area contributed by atoms with E-state index in [4.69, 9.17) is 0 Å². The van der Waals surface area contributed by atoms with Gasteiger partial charge in [0.15, 0.2) is 0 Å². The van der Waals surface area contributed by atoms with Gasteiger partial charge in [-0.05, 0) is 78.9 Å². The molecule has 0 unspecified atom stereocenters. The van der Waals surface area contributed by atoms with E-state index < -0.39 is 0 Å². The summed E-state index contributed by atoms with van der Waals surface area (Å²) in [6.45, 7) is 9.66. The molecule has 0 aromatic heterocycles. The van der Waals surface area contributed by atoms with Gasteiger partial charge in [-0.1, -0.05) is 71.1 Å². The third-order valence-corrected chi connectivity index (χ3v) is 7.28. The minimum atomic E-state index is 0.931. The Morgan fingerprint density at radius 2 is 1.96 bits per heavy atom. The van der Waals surface area contributed by atoms with Gasteiger partial charge in [0, 0.05) is 0 Å². The molecule has 0 heteroatoms. The van der Waals surface area contributed by atoms with Crippen LogP contribution in [0.5, 0.6) is 0 Å². The molecule has 0 heterocycles. The number of fused-ring (bicyclic) bond motifs is 2. The van der Waals surface area contributed by atoms with Crippen LogP contribution in [-0.4, -0.2) is 0 Å². The highest BCUT2D eigenvalue weighted by Gasteiger charge is 2.43. The second kappa shape index (κ2) is 8.07. The van der Waals surface area contributed by atoms with Crippen molar-refractivity contribution < 1.29 is 0 Å². The molecule has 0 amide bonds. The lowest BCUT2D eigenvalue weighted by Gasteiger charge is -2.33. The molecule has 5 atom stereocenters. The van der Waals surface area contributed by atoms with Gasteiger partial charge in [-0.15, -0.1) is 0 Å². The largest absolute Gasteiger partial charge is 0.0654 e. The van der Waals surface area contributed by atoms with Gasteiger partial charge < -0.3 is 0 Å². The van der Waals surface area contributed by atoms with E-state index >= 15 is 0 Å². The first kappa shape index (κ1) is 18.0. The molecule has 0 radical (unpaired) electrons. The molecule has 0 bridgehead atoms. The summed E-state index contributed by atoms with van der Waals surface area (Å²) in [5.74, 6) is 4.79. The predicted octanol–water partition coefficient (Wildman–Crippen LogP) is 6.98. The summed E-state index contributed by atoms with van der Waals surface area (Å²) >= 11 is 0. The van der Waals surface area contributed by atoms with Crippen LogP contribution in [0.1, 0.15) is 82.4 Å². The molecule has 0 saturated heterocycles. The summed E-state index contributed by atoms with van der Waals surface area (Å²) in [4.78, 5) is 0. The smallest absolute Gasteiger partial charge is 0.0242 e. The minimum absolute atomic E-state index is 0.931. The van der Waals surface area contributed by atoms with E-state index in [0.29, 0.717) is 0 Å². The Labute approximate surface area is 150 Å². The monoisotopic (exact) mass is 326 g/mol. The first-order chi connectivity index (χ1) is 11.6. The van der Waals surface area contributed by atoms with E-state index in [-0.39, 0.29) is 0 Å². The highest BCUT2D eigenvalue weighted by molar-refractivity contribution is 5.37. The molecule has 1 aromatic carbocycles. The average Bonchev–Trinajstić information content (AvgIpc) is 2.86. The molecule has 1 aromatic rings. The van der Waals surface area contributed by atoms with Crippen LogP contribution in [0.25, 0.3) is 0 Å². The zero-order valence-corrected chi connectivity index (χ0v) is 16.5. The maximum atomic E-state index is 2.54. The lowest BCUT2D eigenvalue weighted by Crippen LogP contribution is -2.26. The van der Waals surface area contributed by atoms with E-state index in [2.05, 4.69) is 45.9 Å². The van der Waals surface area contributed by atoms with Gasteiger partial charge in [0.2, 0.25) is 0 Å². The van der Waals surface area contributed by atoms with Crippen molar-refractivity contribution in [3.8, 4) is 0 Å². The maximum Gasteiger partial charge on any atom is -0.0242 e. The second-order valence-corrected chi connectivity index (χ2v) is 9.10. The molecule has 1 fully saturated rings. The highest BCUT2D eigenvalue weighted by atomic mass is 14.5. The first-order valence-electron chi connectivity index (χ1n) is 10.7. The maximum absolute atomic E-state index is 2.54. The van der Waals surface area contributed by atoms with Crippen LogP contribution in [0.3, 0.4) is 0 Å². The fourth-order valence-electron chi connectivity index (χ4n) is 5.78. The van der Waals surface area contributed by atoms with E-state index in [0.717, 1.165) is 29.6 Å². The van der Waals surface area contributed by atoms with Crippen LogP contribution < -0.4 is 0 Å². The molecule has 2 aliphatic rings. The van der Waals surface area contributed by atoms with Gasteiger partial charge in [-0.25, -0.2) is 0 Å². The lowest BCUT2D eigenvalue weighted by atomic mass is 9.72. The molecule has 0 spiro atoms. The highest BCUT2D eigenvalue weighted by Crippen LogP contribution is 2.50. The Kier molecular flexibility index (Phi) is 6.06. The molecule has 0 N–H and O–H groups in total. The minimum Gasteiger partial charge on any atom is -0.0654 e. The Balaban J connectivity index is 1.59. The number of hydrogen-bond acceptors (Lipinski definition) is 0. The standard InChI is InChI=1S/C24H38/c1-5-6-7-9-17(2)12-13-22-19(4)14-21-16-23-18(3)10-8-11-20(23)15-24(21)22/h8,10-11,17,19,21-22,24H,5-7,9,12-16H2,1-4H3/t17-,19+,21+,22-,24-/m0/s1. The molecule has 24 heavy (non-hydrogen) atoms. The van der Waals surface area contributed by atoms with Gasteiger partial charge in [0.25, 0.3) is 0 Å². The average molecular weight is 327 g/mol. The van der Waals surface area contributed by atoms with E-state index in [1.54, 1.807) is 11.1 Å². The van der Waals surface area contributed by atoms with E-state index in [1.165, 1.54) is 63.4 Å². The van der Waals surface area contributed by atoms with Crippen molar-refractivity contribution in [1.82, 2.24) is 0 Å². The Bertz CT molecular complexity index is 529. The summed E-state index contributed by atoms with van der Waals surface area (Å²) < 4.78 is 0. The summed E-state index contributed by atoms with van der Waals surface area (Å²) in [5, 5.41) is 0. The molecule has 2 aliphatic carbocycles. The van der Waals surface area contributed by atoms with Crippen molar-refractivity contribution in [3.63, 3.8) is 0 Å². The molecular formula is C24H38. The van der Waals surface area contributed by atoms with Gasteiger partial charge in [0.05, 0.1) is 0 Å². The normalized spacial score (nSPS) is 30.0. The molecule has 3 rings (SSSR count). The van der Waals surface area contributed by atoms with Crippen molar-refractivity contribution in [2.45, 2.75) is 85.5 Å².